The number of ether oxygens (including phenoxy) is 1. The monoisotopic (exact) mass is 220 g/mol. The Kier molecular flexibility index (Phi) is 3.46. The summed E-state index contributed by atoms with van der Waals surface area (Å²) in [7, 11) is 0. The molecule has 1 aromatic rings. The summed E-state index contributed by atoms with van der Waals surface area (Å²) in [6, 6.07) is 8.02. The molecule has 16 heavy (non-hydrogen) atoms. The average Bonchev–Trinajstić information content (AvgIpc) is 2.29. The fourth-order valence-corrected chi connectivity index (χ4v) is 2.00. The van der Waals surface area contributed by atoms with Gasteiger partial charge >= 0.3 is 0 Å². The summed E-state index contributed by atoms with van der Waals surface area (Å²) in [5, 5.41) is 3.60. The van der Waals surface area contributed by atoms with Gasteiger partial charge in [0, 0.05) is 31.0 Å². The van der Waals surface area contributed by atoms with E-state index >= 15 is 0 Å². The van der Waals surface area contributed by atoms with Crippen LogP contribution in [0.25, 0.3) is 0 Å². The largest absolute Gasteiger partial charge is 0.398 e. The summed E-state index contributed by atoms with van der Waals surface area (Å²) in [4.78, 5) is 0. The lowest BCUT2D eigenvalue weighted by Crippen LogP contribution is -2.46. The molecule has 0 aromatic heterocycles. The number of nitrogens with two attached hydrogens (primary N) is 1. The van der Waals surface area contributed by atoms with Crippen molar-refractivity contribution in [3.63, 3.8) is 0 Å². The quantitative estimate of drug-likeness (QED) is 0.765. The molecule has 88 valence electrons. The first-order valence-electron chi connectivity index (χ1n) is 5.86. The van der Waals surface area contributed by atoms with Gasteiger partial charge in [-0.15, -0.1) is 0 Å². The molecule has 1 aliphatic rings. The maximum absolute atomic E-state index is 5.91. The van der Waals surface area contributed by atoms with E-state index in [0.717, 1.165) is 38.3 Å². The average molecular weight is 220 g/mol. The van der Waals surface area contributed by atoms with Crippen molar-refractivity contribution < 1.29 is 4.74 Å². The SMILES string of the molecule is CC1(NCc2ccccc2N)CCOCC1. The van der Waals surface area contributed by atoms with Gasteiger partial charge in [0.15, 0.2) is 0 Å². The van der Waals surface area contributed by atoms with Crippen molar-refractivity contribution >= 4 is 5.69 Å². The topological polar surface area (TPSA) is 47.3 Å². The Morgan fingerprint density at radius 1 is 1.31 bits per heavy atom. The van der Waals surface area contributed by atoms with E-state index in [4.69, 9.17) is 10.5 Å². The summed E-state index contributed by atoms with van der Waals surface area (Å²) < 4.78 is 5.38. The fraction of sp³-hybridized carbons (Fsp3) is 0.538. The molecule has 3 N–H and O–H groups in total. The Morgan fingerprint density at radius 3 is 2.69 bits per heavy atom. The number of anilines is 1. The first kappa shape index (κ1) is 11.4. The normalized spacial score (nSPS) is 19.6. The highest BCUT2D eigenvalue weighted by molar-refractivity contribution is 5.46. The molecule has 3 heteroatoms. The third kappa shape index (κ3) is 2.74. The molecule has 0 unspecified atom stereocenters. The molecule has 3 nitrogen and oxygen atoms in total. The van der Waals surface area contributed by atoms with Crippen LogP contribution in [0.4, 0.5) is 5.69 Å². The minimum atomic E-state index is 0.195. The molecular weight excluding hydrogens is 200 g/mol. The van der Waals surface area contributed by atoms with Crippen molar-refractivity contribution in [1.29, 1.82) is 0 Å². The second-order valence-corrected chi connectivity index (χ2v) is 4.73. The van der Waals surface area contributed by atoms with Crippen LogP contribution >= 0.6 is 0 Å². The maximum Gasteiger partial charge on any atom is 0.0483 e. The molecule has 0 spiro atoms. The molecule has 1 heterocycles. The molecular formula is C13H20N2O. The first-order valence-corrected chi connectivity index (χ1v) is 5.86. The van der Waals surface area contributed by atoms with Crippen LogP contribution in [0.15, 0.2) is 24.3 Å². The van der Waals surface area contributed by atoms with Gasteiger partial charge < -0.3 is 15.8 Å². The lowest BCUT2D eigenvalue weighted by atomic mass is 9.92. The van der Waals surface area contributed by atoms with Crippen molar-refractivity contribution in [3.05, 3.63) is 29.8 Å². The molecule has 1 saturated heterocycles. The number of rotatable bonds is 3. The summed E-state index contributed by atoms with van der Waals surface area (Å²) in [6.45, 7) is 4.80. The van der Waals surface area contributed by atoms with Gasteiger partial charge in [0.25, 0.3) is 0 Å². The van der Waals surface area contributed by atoms with Gasteiger partial charge in [-0.3, -0.25) is 0 Å². The molecule has 0 aliphatic carbocycles. The van der Waals surface area contributed by atoms with Gasteiger partial charge in [-0.1, -0.05) is 18.2 Å². The molecule has 0 atom stereocenters. The summed E-state index contributed by atoms with van der Waals surface area (Å²) in [6.07, 6.45) is 2.14. The van der Waals surface area contributed by atoms with Gasteiger partial charge in [-0.2, -0.15) is 0 Å². The number of benzene rings is 1. The fourth-order valence-electron chi connectivity index (χ4n) is 2.00. The lowest BCUT2D eigenvalue weighted by molar-refractivity contribution is 0.0446. The molecule has 0 amide bonds. The first-order chi connectivity index (χ1) is 7.70. The van der Waals surface area contributed by atoms with Gasteiger partial charge in [-0.05, 0) is 31.4 Å². The molecule has 0 radical (unpaired) electrons. The standard InChI is InChI=1S/C13H20N2O/c1-13(6-8-16-9-7-13)15-10-11-4-2-3-5-12(11)14/h2-5,15H,6-10,14H2,1H3. The zero-order valence-corrected chi connectivity index (χ0v) is 9.83. The maximum atomic E-state index is 5.91. The van der Waals surface area contributed by atoms with Crippen molar-refractivity contribution in [2.45, 2.75) is 31.8 Å². The van der Waals surface area contributed by atoms with Gasteiger partial charge in [0.2, 0.25) is 0 Å². The van der Waals surface area contributed by atoms with Crippen LogP contribution in [-0.2, 0) is 11.3 Å². The second kappa shape index (κ2) is 4.85. The van der Waals surface area contributed by atoms with E-state index in [1.807, 2.05) is 18.2 Å². The minimum Gasteiger partial charge on any atom is -0.398 e. The Balaban J connectivity index is 1.94. The molecule has 2 rings (SSSR count). The Hall–Kier alpha value is -1.06. The molecule has 0 saturated carbocycles. The lowest BCUT2D eigenvalue weighted by Gasteiger charge is -2.34. The third-order valence-electron chi connectivity index (χ3n) is 3.36. The smallest absolute Gasteiger partial charge is 0.0483 e. The predicted molar refractivity (Wildman–Crippen MR) is 66.2 cm³/mol. The van der Waals surface area contributed by atoms with Crippen molar-refractivity contribution in [3.8, 4) is 0 Å². The minimum absolute atomic E-state index is 0.195. The number of hydrogen-bond donors (Lipinski definition) is 2. The van der Waals surface area contributed by atoms with Crippen LogP contribution in [0, 0.1) is 0 Å². The third-order valence-corrected chi connectivity index (χ3v) is 3.36. The Morgan fingerprint density at radius 2 is 2.00 bits per heavy atom. The highest BCUT2D eigenvalue weighted by Crippen LogP contribution is 2.21. The molecule has 1 aromatic carbocycles. The van der Waals surface area contributed by atoms with Gasteiger partial charge in [-0.25, -0.2) is 0 Å². The number of nitrogens with one attached hydrogen (secondary N) is 1. The number of nitrogen functional groups attached to an aromatic ring is 1. The zero-order chi connectivity index (χ0) is 11.4. The summed E-state index contributed by atoms with van der Waals surface area (Å²) in [5.41, 5.74) is 8.15. The summed E-state index contributed by atoms with van der Waals surface area (Å²) >= 11 is 0. The van der Waals surface area contributed by atoms with Crippen LogP contribution in [-0.4, -0.2) is 18.8 Å². The van der Waals surface area contributed by atoms with Gasteiger partial charge in [0.05, 0.1) is 0 Å². The van der Waals surface area contributed by atoms with Crippen LogP contribution in [0.3, 0.4) is 0 Å². The van der Waals surface area contributed by atoms with E-state index in [0.29, 0.717) is 0 Å². The highest BCUT2D eigenvalue weighted by atomic mass is 16.5. The molecule has 1 fully saturated rings. The van der Waals surface area contributed by atoms with E-state index in [1.54, 1.807) is 0 Å². The highest BCUT2D eigenvalue weighted by Gasteiger charge is 2.26. The van der Waals surface area contributed by atoms with Crippen LogP contribution in [0.1, 0.15) is 25.3 Å². The van der Waals surface area contributed by atoms with E-state index in [1.165, 1.54) is 5.56 Å². The van der Waals surface area contributed by atoms with Gasteiger partial charge in [0.1, 0.15) is 0 Å². The Bertz CT molecular complexity index is 346. The van der Waals surface area contributed by atoms with E-state index in [9.17, 15) is 0 Å². The second-order valence-electron chi connectivity index (χ2n) is 4.73. The predicted octanol–water partition coefficient (Wildman–Crippen LogP) is 1.93. The van der Waals surface area contributed by atoms with Crippen LogP contribution < -0.4 is 11.1 Å². The van der Waals surface area contributed by atoms with Crippen molar-refractivity contribution in [2.24, 2.45) is 0 Å². The van der Waals surface area contributed by atoms with Crippen molar-refractivity contribution in [2.75, 3.05) is 18.9 Å². The van der Waals surface area contributed by atoms with E-state index < -0.39 is 0 Å². The van der Waals surface area contributed by atoms with Crippen molar-refractivity contribution in [1.82, 2.24) is 5.32 Å². The van der Waals surface area contributed by atoms with E-state index in [2.05, 4.69) is 18.3 Å². The number of hydrogen-bond acceptors (Lipinski definition) is 3. The van der Waals surface area contributed by atoms with Crippen LogP contribution in [0.5, 0.6) is 0 Å². The van der Waals surface area contributed by atoms with Crippen LogP contribution in [0.2, 0.25) is 0 Å². The zero-order valence-electron chi connectivity index (χ0n) is 9.83. The van der Waals surface area contributed by atoms with E-state index in [-0.39, 0.29) is 5.54 Å². The Labute approximate surface area is 97.0 Å². The summed E-state index contributed by atoms with van der Waals surface area (Å²) in [5.74, 6) is 0. The molecule has 1 aliphatic heterocycles. The molecule has 0 bridgehead atoms. The number of para-hydroxylation sites is 1.